The molecule has 24 heavy (non-hydrogen) atoms. The molecule has 1 aromatic heterocycles. The number of aryl methyl sites for hydroxylation is 1. The van der Waals surface area contributed by atoms with Crippen molar-refractivity contribution >= 4 is 15.9 Å². The van der Waals surface area contributed by atoms with Crippen molar-refractivity contribution in [3.63, 3.8) is 0 Å². The summed E-state index contributed by atoms with van der Waals surface area (Å²) < 4.78 is 24.9. The van der Waals surface area contributed by atoms with Gasteiger partial charge in [-0.25, -0.2) is 18.2 Å². The maximum absolute atomic E-state index is 12.3. The van der Waals surface area contributed by atoms with Crippen molar-refractivity contribution in [2.45, 2.75) is 18.5 Å². The Labute approximate surface area is 141 Å². The Bertz CT molecular complexity index is 817. The van der Waals surface area contributed by atoms with Gasteiger partial charge in [0, 0.05) is 25.5 Å². The molecule has 128 valence electrons. The molecule has 2 atom stereocenters. The summed E-state index contributed by atoms with van der Waals surface area (Å²) in [6.45, 7) is 0. The number of hydrogen-bond acceptors (Lipinski definition) is 4. The molecule has 0 unspecified atom stereocenters. The van der Waals surface area contributed by atoms with Crippen molar-refractivity contribution in [1.82, 2.24) is 20.2 Å². The van der Waals surface area contributed by atoms with E-state index in [0.717, 1.165) is 5.56 Å². The van der Waals surface area contributed by atoms with Crippen LogP contribution in [-0.2, 0) is 16.9 Å². The van der Waals surface area contributed by atoms with Gasteiger partial charge in [0.2, 0.25) is 0 Å². The van der Waals surface area contributed by atoms with Gasteiger partial charge >= 0.3 is 6.03 Å². The minimum atomic E-state index is -3.03. The van der Waals surface area contributed by atoms with Gasteiger partial charge in [0.05, 0.1) is 11.5 Å². The van der Waals surface area contributed by atoms with Gasteiger partial charge in [0.25, 0.3) is 0 Å². The van der Waals surface area contributed by atoms with Crippen molar-refractivity contribution in [3.05, 3.63) is 54.1 Å². The molecule has 0 spiro atoms. The average Bonchev–Trinajstić information content (AvgIpc) is 3.11. The summed E-state index contributed by atoms with van der Waals surface area (Å²) in [6, 6.07) is 8.39. The van der Waals surface area contributed by atoms with Crippen molar-refractivity contribution < 1.29 is 13.2 Å². The summed E-state index contributed by atoms with van der Waals surface area (Å²) in [5.41, 5.74) is 0.904. The molecule has 2 aromatic rings. The standard InChI is InChI=1S/C16H20N4O3S/c1-20-9-8-17-15(20)14(12-5-3-2-4-6-12)19-16(21)18-13-7-10-24(22,23)11-13/h2-6,8-9,13-14H,7,10-11H2,1H3,(H2,18,19,21)/t13-,14+/m0/s1. The van der Waals surface area contributed by atoms with Gasteiger partial charge in [0.1, 0.15) is 11.9 Å². The Morgan fingerprint density at radius 2 is 2.08 bits per heavy atom. The molecule has 1 saturated heterocycles. The van der Waals surface area contributed by atoms with Crippen LogP contribution in [0.15, 0.2) is 42.7 Å². The molecule has 8 heteroatoms. The third kappa shape index (κ3) is 3.76. The van der Waals surface area contributed by atoms with Crippen LogP contribution in [0.5, 0.6) is 0 Å². The molecule has 0 radical (unpaired) electrons. The minimum Gasteiger partial charge on any atom is -0.336 e. The van der Waals surface area contributed by atoms with Crippen LogP contribution in [-0.4, -0.2) is 41.5 Å². The van der Waals surface area contributed by atoms with E-state index in [1.807, 2.05) is 48.1 Å². The van der Waals surface area contributed by atoms with E-state index in [1.165, 1.54) is 0 Å². The Kier molecular flexibility index (Phi) is 4.57. The second kappa shape index (κ2) is 6.64. The molecule has 0 bridgehead atoms. The largest absolute Gasteiger partial charge is 0.336 e. The number of carbonyl (C=O) groups is 1. The zero-order valence-electron chi connectivity index (χ0n) is 13.3. The normalized spacial score (nSPS) is 20.5. The molecular weight excluding hydrogens is 328 g/mol. The molecule has 2 amide bonds. The Balaban J connectivity index is 1.75. The second-order valence-corrected chi connectivity index (χ2v) is 8.19. The van der Waals surface area contributed by atoms with Crippen molar-refractivity contribution in [2.75, 3.05) is 11.5 Å². The number of urea groups is 1. The van der Waals surface area contributed by atoms with Crippen molar-refractivity contribution in [3.8, 4) is 0 Å². The highest BCUT2D eigenvalue weighted by Crippen LogP contribution is 2.20. The molecule has 0 aliphatic carbocycles. The number of imidazole rings is 1. The molecule has 1 aliphatic heterocycles. The number of aromatic nitrogens is 2. The van der Waals surface area contributed by atoms with E-state index >= 15 is 0 Å². The molecule has 7 nitrogen and oxygen atoms in total. The average molecular weight is 348 g/mol. The first-order valence-electron chi connectivity index (χ1n) is 7.74. The predicted octanol–water partition coefficient (Wildman–Crippen LogP) is 0.996. The van der Waals surface area contributed by atoms with Gasteiger partial charge in [-0.15, -0.1) is 0 Å². The summed E-state index contributed by atoms with van der Waals surface area (Å²) in [5, 5.41) is 5.65. The second-order valence-electron chi connectivity index (χ2n) is 5.96. The summed E-state index contributed by atoms with van der Waals surface area (Å²) >= 11 is 0. The molecular formula is C16H20N4O3S. The smallest absolute Gasteiger partial charge is 0.315 e. The van der Waals surface area contributed by atoms with Crippen LogP contribution < -0.4 is 10.6 Å². The number of sulfone groups is 1. The number of nitrogens with one attached hydrogen (secondary N) is 2. The van der Waals surface area contributed by atoms with E-state index in [-0.39, 0.29) is 17.5 Å². The van der Waals surface area contributed by atoms with E-state index in [1.54, 1.807) is 6.20 Å². The predicted molar refractivity (Wildman–Crippen MR) is 90.2 cm³/mol. The van der Waals surface area contributed by atoms with E-state index < -0.39 is 21.9 Å². The van der Waals surface area contributed by atoms with E-state index in [2.05, 4.69) is 15.6 Å². The van der Waals surface area contributed by atoms with Crippen LogP contribution in [0.2, 0.25) is 0 Å². The van der Waals surface area contributed by atoms with Crippen LogP contribution in [0.1, 0.15) is 23.9 Å². The Morgan fingerprint density at radius 3 is 2.67 bits per heavy atom. The number of nitrogens with zero attached hydrogens (tertiary/aromatic N) is 2. The summed E-state index contributed by atoms with van der Waals surface area (Å²) in [6.07, 6.45) is 3.94. The lowest BCUT2D eigenvalue weighted by molar-refractivity contribution is 0.235. The highest BCUT2D eigenvalue weighted by molar-refractivity contribution is 7.91. The Hall–Kier alpha value is -2.35. The molecule has 0 saturated carbocycles. The molecule has 1 fully saturated rings. The zero-order chi connectivity index (χ0) is 17.2. The third-order valence-corrected chi connectivity index (χ3v) is 5.86. The molecule has 2 heterocycles. The topological polar surface area (TPSA) is 93.1 Å². The number of amides is 2. The van der Waals surface area contributed by atoms with Gasteiger partial charge in [0.15, 0.2) is 9.84 Å². The maximum atomic E-state index is 12.3. The van der Waals surface area contributed by atoms with Gasteiger partial charge < -0.3 is 15.2 Å². The number of hydrogen-bond donors (Lipinski definition) is 2. The number of benzene rings is 1. The van der Waals surface area contributed by atoms with Gasteiger partial charge in [-0.1, -0.05) is 30.3 Å². The van der Waals surface area contributed by atoms with Crippen LogP contribution >= 0.6 is 0 Å². The first-order valence-corrected chi connectivity index (χ1v) is 9.56. The maximum Gasteiger partial charge on any atom is 0.315 e. The summed E-state index contributed by atoms with van der Waals surface area (Å²) in [7, 11) is -1.17. The van der Waals surface area contributed by atoms with Crippen LogP contribution in [0.25, 0.3) is 0 Å². The summed E-state index contributed by atoms with van der Waals surface area (Å²) in [4.78, 5) is 16.7. The fraction of sp³-hybridized carbons (Fsp3) is 0.375. The van der Waals surface area contributed by atoms with Crippen molar-refractivity contribution in [2.24, 2.45) is 7.05 Å². The van der Waals surface area contributed by atoms with Gasteiger partial charge in [-0.2, -0.15) is 0 Å². The zero-order valence-corrected chi connectivity index (χ0v) is 14.2. The molecule has 1 aromatic carbocycles. The fourth-order valence-corrected chi connectivity index (χ4v) is 4.54. The van der Waals surface area contributed by atoms with Crippen LogP contribution in [0.3, 0.4) is 0 Å². The number of carbonyl (C=O) groups excluding carboxylic acids is 1. The fourth-order valence-electron chi connectivity index (χ4n) is 2.86. The Morgan fingerprint density at radius 1 is 1.33 bits per heavy atom. The molecule has 3 rings (SSSR count). The minimum absolute atomic E-state index is 0.00116. The first-order chi connectivity index (χ1) is 11.4. The monoisotopic (exact) mass is 348 g/mol. The van der Waals surface area contributed by atoms with Crippen LogP contribution in [0, 0.1) is 0 Å². The van der Waals surface area contributed by atoms with Crippen molar-refractivity contribution in [1.29, 1.82) is 0 Å². The first kappa shape index (κ1) is 16.5. The van der Waals surface area contributed by atoms with E-state index in [4.69, 9.17) is 0 Å². The molecule has 1 aliphatic rings. The van der Waals surface area contributed by atoms with Gasteiger partial charge in [-0.3, -0.25) is 0 Å². The molecule has 2 N–H and O–H groups in total. The van der Waals surface area contributed by atoms with Crippen LogP contribution in [0.4, 0.5) is 4.79 Å². The lowest BCUT2D eigenvalue weighted by Gasteiger charge is -2.21. The lowest BCUT2D eigenvalue weighted by atomic mass is 10.1. The summed E-state index contributed by atoms with van der Waals surface area (Å²) in [5.74, 6) is 0.827. The van der Waals surface area contributed by atoms with Gasteiger partial charge in [-0.05, 0) is 12.0 Å². The highest BCUT2D eigenvalue weighted by Gasteiger charge is 2.30. The van der Waals surface area contributed by atoms with E-state index in [0.29, 0.717) is 12.2 Å². The lowest BCUT2D eigenvalue weighted by Crippen LogP contribution is -2.44. The van der Waals surface area contributed by atoms with E-state index in [9.17, 15) is 13.2 Å². The quantitative estimate of drug-likeness (QED) is 0.862. The highest BCUT2D eigenvalue weighted by atomic mass is 32.2. The third-order valence-electron chi connectivity index (χ3n) is 4.09. The number of rotatable bonds is 4. The SMILES string of the molecule is Cn1ccnc1[C@H](NC(=O)N[C@H]1CCS(=O)(=O)C1)c1ccccc1.